The van der Waals surface area contributed by atoms with E-state index in [0.717, 1.165) is 15.8 Å². The van der Waals surface area contributed by atoms with Crippen molar-refractivity contribution in [3.63, 3.8) is 0 Å². The lowest BCUT2D eigenvalue weighted by molar-refractivity contribution is -0.150. The summed E-state index contributed by atoms with van der Waals surface area (Å²) in [7, 11) is 1.48. The van der Waals surface area contributed by atoms with E-state index in [1.807, 2.05) is 29.6 Å². The molecule has 0 saturated carbocycles. The minimum atomic E-state index is -1.16. The number of carbonyl (C=O) groups excluding carboxylic acids is 2. The van der Waals surface area contributed by atoms with Gasteiger partial charge in [-0.25, -0.2) is 4.79 Å². The second-order valence-electron chi connectivity index (χ2n) is 6.64. The number of rotatable bonds is 7. The lowest BCUT2D eigenvalue weighted by Crippen LogP contribution is -2.71. The first-order valence-corrected chi connectivity index (χ1v) is 10.8. The Morgan fingerprint density at radius 1 is 1.34 bits per heavy atom. The van der Waals surface area contributed by atoms with Crippen molar-refractivity contribution in [2.75, 3.05) is 31.3 Å². The molecule has 152 valence electrons. The monoisotopic (exact) mass is 433 g/mol. The number of nitrogens with one attached hydrogen (secondary N) is 2. The van der Waals surface area contributed by atoms with Crippen molar-refractivity contribution in [1.82, 2.24) is 10.2 Å². The maximum Gasteiger partial charge on any atom is 0.352 e. The minimum Gasteiger partial charge on any atom is -0.477 e. The Morgan fingerprint density at radius 2 is 2.14 bits per heavy atom. The van der Waals surface area contributed by atoms with Gasteiger partial charge in [0.15, 0.2) is 0 Å². The molecule has 29 heavy (non-hydrogen) atoms. The number of carbonyl (C=O) groups is 3. The van der Waals surface area contributed by atoms with Crippen molar-refractivity contribution in [2.24, 2.45) is 0 Å². The molecule has 3 heterocycles. The number of hydrogen-bond acceptors (Lipinski definition) is 7. The molecule has 3 N–H and O–H groups in total. The molecule has 0 aliphatic carbocycles. The molecule has 2 aliphatic heterocycles. The van der Waals surface area contributed by atoms with Gasteiger partial charge in [0.25, 0.3) is 5.91 Å². The van der Waals surface area contributed by atoms with Gasteiger partial charge >= 0.3 is 5.97 Å². The summed E-state index contributed by atoms with van der Waals surface area (Å²) in [5, 5.41) is 17.9. The fraction of sp³-hybridized carbons (Fsp3) is 0.316. The van der Waals surface area contributed by atoms with E-state index in [1.165, 1.54) is 23.8 Å². The van der Waals surface area contributed by atoms with E-state index in [1.54, 1.807) is 11.3 Å². The van der Waals surface area contributed by atoms with Crippen LogP contribution in [0.3, 0.4) is 0 Å². The molecule has 1 saturated heterocycles. The molecule has 2 amide bonds. The first-order chi connectivity index (χ1) is 14.0. The Morgan fingerprint density at radius 3 is 2.90 bits per heavy atom. The van der Waals surface area contributed by atoms with E-state index < -0.39 is 23.3 Å². The number of thioether (sulfide) groups is 1. The summed E-state index contributed by atoms with van der Waals surface area (Å²) in [4.78, 5) is 37.8. The number of benzene rings is 1. The highest BCUT2D eigenvalue weighted by Crippen LogP contribution is 2.40. The summed E-state index contributed by atoms with van der Waals surface area (Å²) in [5.74, 6) is -1.45. The quantitative estimate of drug-likeness (QED) is 0.571. The molecular formula is C19H19N3O5S2. The Hall–Kier alpha value is -2.56. The highest BCUT2D eigenvalue weighted by Gasteiger charge is 2.54. The van der Waals surface area contributed by atoms with Crippen LogP contribution < -0.4 is 10.6 Å². The number of carboxylic acids is 1. The minimum absolute atomic E-state index is 0.0262. The highest BCUT2D eigenvalue weighted by atomic mass is 32.2. The van der Waals surface area contributed by atoms with E-state index >= 15 is 0 Å². The van der Waals surface area contributed by atoms with E-state index in [4.69, 9.17) is 4.74 Å². The zero-order chi connectivity index (χ0) is 20.5. The lowest BCUT2D eigenvalue weighted by Gasteiger charge is -2.49. The van der Waals surface area contributed by atoms with E-state index in [-0.39, 0.29) is 24.8 Å². The molecule has 2 aromatic rings. The van der Waals surface area contributed by atoms with Gasteiger partial charge in [0.1, 0.15) is 17.1 Å². The number of carboxylic acid groups (broad SMARTS) is 1. The number of aliphatic carboxylic acids is 1. The van der Waals surface area contributed by atoms with Crippen molar-refractivity contribution < 1.29 is 24.2 Å². The predicted molar refractivity (Wildman–Crippen MR) is 112 cm³/mol. The summed E-state index contributed by atoms with van der Waals surface area (Å²) >= 11 is 3.01. The Bertz CT molecular complexity index is 1020. The SMILES string of the molecule is COCC1=C(C(=O)O)N2C(=O)C(NC(=O)CNc3csc4ccccc34)[C@@H]2SC1. The van der Waals surface area contributed by atoms with Crippen LogP contribution in [0.1, 0.15) is 0 Å². The summed E-state index contributed by atoms with van der Waals surface area (Å²) in [6.45, 7) is 0.180. The standard InChI is InChI=1S/C19H19N3O5S2/c1-27-7-10-8-29-18-15(17(24)22(18)16(10)19(25)26)21-14(23)6-20-12-9-28-13-5-3-2-4-11(12)13/h2-5,9,15,18,20H,6-8H2,1H3,(H,21,23)(H,25,26)/t15?,18-/m0/s1. The number of thiophene rings is 1. The van der Waals surface area contributed by atoms with E-state index in [2.05, 4.69) is 10.6 Å². The third-order valence-corrected chi connectivity index (χ3v) is 7.11. The van der Waals surface area contributed by atoms with Gasteiger partial charge in [-0.15, -0.1) is 23.1 Å². The number of β-lactam (4-membered cyclic amide) rings is 1. The molecule has 2 atom stereocenters. The van der Waals surface area contributed by atoms with Crippen LogP contribution in [0.4, 0.5) is 5.69 Å². The molecule has 0 bridgehead atoms. The number of amides is 2. The number of methoxy groups -OCH3 is 1. The molecule has 10 heteroatoms. The fourth-order valence-electron chi connectivity index (χ4n) is 3.48. The third kappa shape index (κ3) is 3.59. The molecule has 1 fully saturated rings. The number of anilines is 1. The molecule has 2 aliphatic rings. The molecular weight excluding hydrogens is 414 g/mol. The molecule has 1 unspecified atom stereocenters. The molecule has 8 nitrogen and oxygen atoms in total. The highest BCUT2D eigenvalue weighted by molar-refractivity contribution is 8.00. The number of hydrogen-bond donors (Lipinski definition) is 3. The molecule has 4 rings (SSSR count). The van der Waals surface area contributed by atoms with Crippen molar-refractivity contribution in [3.05, 3.63) is 40.9 Å². The third-order valence-electron chi connectivity index (χ3n) is 4.81. The maximum absolute atomic E-state index is 12.5. The molecule has 0 radical (unpaired) electrons. The zero-order valence-corrected chi connectivity index (χ0v) is 17.1. The van der Waals surface area contributed by atoms with Gasteiger partial charge in [-0.1, -0.05) is 18.2 Å². The summed E-state index contributed by atoms with van der Waals surface area (Å²) in [6, 6.07) is 7.16. The van der Waals surface area contributed by atoms with Crippen molar-refractivity contribution in [3.8, 4) is 0 Å². The van der Waals surface area contributed by atoms with Crippen LogP contribution in [0.25, 0.3) is 10.1 Å². The van der Waals surface area contributed by atoms with Gasteiger partial charge in [-0.05, 0) is 11.6 Å². The number of nitrogens with zero attached hydrogens (tertiary/aromatic N) is 1. The average molecular weight is 434 g/mol. The average Bonchev–Trinajstić information content (AvgIpc) is 3.13. The van der Waals surface area contributed by atoms with Crippen molar-refractivity contribution in [2.45, 2.75) is 11.4 Å². The Balaban J connectivity index is 1.39. The summed E-state index contributed by atoms with van der Waals surface area (Å²) < 4.78 is 6.17. The van der Waals surface area contributed by atoms with Crippen molar-refractivity contribution >= 4 is 56.7 Å². The summed E-state index contributed by atoms with van der Waals surface area (Å²) in [5.41, 5.74) is 1.40. The van der Waals surface area contributed by atoms with Crippen LogP contribution in [0.2, 0.25) is 0 Å². The topological polar surface area (TPSA) is 108 Å². The van der Waals surface area contributed by atoms with Gasteiger partial charge in [0.05, 0.1) is 18.8 Å². The second kappa shape index (κ2) is 8.05. The normalized spacial score (nSPS) is 21.0. The Labute approximate surface area is 174 Å². The molecule has 1 aromatic heterocycles. The Kier molecular flexibility index (Phi) is 5.48. The van der Waals surface area contributed by atoms with Crippen LogP contribution in [0.15, 0.2) is 40.9 Å². The number of fused-ring (bicyclic) bond motifs is 2. The molecule has 0 spiro atoms. The van der Waals surface area contributed by atoms with Gasteiger partial charge in [-0.3, -0.25) is 14.5 Å². The smallest absolute Gasteiger partial charge is 0.352 e. The summed E-state index contributed by atoms with van der Waals surface area (Å²) in [6.07, 6.45) is 0. The van der Waals surface area contributed by atoms with Gasteiger partial charge in [0, 0.05) is 28.3 Å². The van der Waals surface area contributed by atoms with Crippen LogP contribution in [0, 0.1) is 0 Å². The predicted octanol–water partition coefficient (Wildman–Crippen LogP) is 1.70. The van der Waals surface area contributed by atoms with Crippen LogP contribution >= 0.6 is 23.1 Å². The van der Waals surface area contributed by atoms with Crippen molar-refractivity contribution in [1.29, 1.82) is 0 Å². The maximum atomic E-state index is 12.5. The first kappa shape index (κ1) is 19.7. The van der Waals surface area contributed by atoms with E-state index in [0.29, 0.717) is 11.3 Å². The fourth-order valence-corrected chi connectivity index (χ4v) is 5.73. The van der Waals surface area contributed by atoms with Gasteiger partial charge < -0.3 is 20.5 Å². The molecule has 1 aromatic carbocycles. The number of ether oxygens (including phenoxy) is 1. The van der Waals surface area contributed by atoms with Gasteiger partial charge in [0.2, 0.25) is 5.91 Å². The van der Waals surface area contributed by atoms with Crippen LogP contribution in [-0.2, 0) is 19.1 Å². The first-order valence-electron chi connectivity index (χ1n) is 8.89. The second-order valence-corrected chi connectivity index (χ2v) is 8.66. The van der Waals surface area contributed by atoms with Crippen LogP contribution in [-0.4, -0.2) is 65.2 Å². The van der Waals surface area contributed by atoms with Crippen LogP contribution in [0.5, 0.6) is 0 Å². The lowest BCUT2D eigenvalue weighted by atomic mass is 10.0. The van der Waals surface area contributed by atoms with Gasteiger partial charge in [-0.2, -0.15) is 0 Å². The zero-order valence-electron chi connectivity index (χ0n) is 15.5. The van der Waals surface area contributed by atoms with E-state index in [9.17, 15) is 19.5 Å². The largest absolute Gasteiger partial charge is 0.477 e.